The maximum atomic E-state index is 6.04. The Morgan fingerprint density at radius 1 is 1.28 bits per heavy atom. The van der Waals surface area contributed by atoms with Crippen molar-refractivity contribution in [3.63, 3.8) is 0 Å². The molecule has 0 radical (unpaired) electrons. The first kappa shape index (κ1) is 13.9. The number of nitrogens with one attached hydrogen (secondary N) is 1. The minimum absolute atomic E-state index is 0.354. The van der Waals surface area contributed by atoms with Gasteiger partial charge in [-0.3, -0.25) is 0 Å². The van der Waals surface area contributed by atoms with E-state index < -0.39 is 0 Å². The first-order chi connectivity index (χ1) is 8.38. The van der Waals surface area contributed by atoms with Crippen molar-refractivity contribution in [1.82, 2.24) is 5.32 Å². The zero-order valence-corrected chi connectivity index (χ0v) is 12.6. The molecule has 0 aromatic heterocycles. The molecule has 0 amide bonds. The Hall–Kier alpha value is -0.530. The van der Waals surface area contributed by atoms with Crippen molar-refractivity contribution in [3.8, 4) is 0 Å². The summed E-state index contributed by atoms with van der Waals surface area (Å²) in [7, 11) is 0. The number of halogens is 1. The van der Waals surface area contributed by atoms with Crippen LogP contribution in [-0.2, 0) is 12.8 Å². The zero-order chi connectivity index (χ0) is 13.3. The first-order valence-electron chi connectivity index (χ1n) is 6.89. The highest BCUT2D eigenvalue weighted by molar-refractivity contribution is 6.30. The highest BCUT2D eigenvalue weighted by atomic mass is 35.5. The average molecular weight is 266 g/mol. The molecule has 1 aromatic rings. The Morgan fingerprint density at radius 2 is 1.94 bits per heavy atom. The maximum absolute atomic E-state index is 6.04. The van der Waals surface area contributed by atoms with E-state index in [1.165, 1.54) is 11.1 Å². The Labute approximate surface area is 116 Å². The number of hydrogen-bond donors (Lipinski definition) is 1. The predicted octanol–water partition coefficient (Wildman–Crippen LogP) is 4.08. The summed E-state index contributed by atoms with van der Waals surface area (Å²) in [6.45, 7) is 10.3. The quantitative estimate of drug-likeness (QED) is 0.865. The fourth-order valence-electron chi connectivity index (χ4n) is 2.34. The molecule has 1 aromatic carbocycles. The molecule has 0 saturated heterocycles. The lowest BCUT2D eigenvalue weighted by atomic mass is 9.81. The average Bonchev–Trinajstić information content (AvgIpc) is 2.68. The second kappa shape index (κ2) is 5.22. The Balaban J connectivity index is 1.92. The van der Waals surface area contributed by atoms with Crippen LogP contribution in [0.3, 0.4) is 0 Å². The van der Waals surface area contributed by atoms with Gasteiger partial charge in [0, 0.05) is 17.6 Å². The second-order valence-corrected chi connectivity index (χ2v) is 6.98. The number of rotatable bonds is 4. The summed E-state index contributed by atoms with van der Waals surface area (Å²) < 4.78 is 0. The zero-order valence-electron chi connectivity index (χ0n) is 11.9. The Bertz CT molecular complexity index is 423. The molecule has 1 atom stereocenters. The largest absolute Gasteiger partial charge is 0.313 e. The monoisotopic (exact) mass is 265 g/mol. The van der Waals surface area contributed by atoms with Crippen LogP contribution in [0.25, 0.3) is 0 Å². The van der Waals surface area contributed by atoms with Gasteiger partial charge in [-0.05, 0) is 47.4 Å². The molecule has 2 heteroatoms. The van der Waals surface area contributed by atoms with Crippen LogP contribution in [0.15, 0.2) is 18.2 Å². The fourth-order valence-corrected chi connectivity index (χ4v) is 2.54. The van der Waals surface area contributed by atoms with E-state index in [9.17, 15) is 0 Å². The lowest BCUT2D eigenvalue weighted by molar-refractivity contribution is 0.229. The molecule has 0 spiro atoms. The molecule has 0 heterocycles. The van der Waals surface area contributed by atoms with Gasteiger partial charge in [-0.1, -0.05) is 45.4 Å². The molecule has 1 aliphatic carbocycles. The lowest BCUT2D eigenvalue weighted by Crippen LogP contribution is -2.39. The van der Waals surface area contributed by atoms with Gasteiger partial charge in [0.1, 0.15) is 0 Å². The maximum Gasteiger partial charge on any atom is 0.0408 e. The van der Waals surface area contributed by atoms with E-state index >= 15 is 0 Å². The van der Waals surface area contributed by atoms with E-state index in [-0.39, 0.29) is 0 Å². The van der Waals surface area contributed by atoms with Gasteiger partial charge >= 0.3 is 0 Å². The van der Waals surface area contributed by atoms with Crippen LogP contribution in [0, 0.1) is 11.3 Å². The van der Waals surface area contributed by atoms with Crippen molar-refractivity contribution in [2.75, 3.05) is 6.54 Å². The summed E-state index contributed by atoms with van der Waals surface area (Å²) in [4.78, 5) is 0. The summed E-state index contributed by atoms with van der Waals surface area (Å²) >= 11 is 6.04. The third-order valence-corrected chi connectivity index (χ3v) is 4.75. The van der Waals surface area contributed by atoms with Crippen molar-refractivity contribution < 1.29 is 0 Å². The van der Waals surface area contributed by atoms with Crippen LogP contribution in [0.1, 0.15) is 38.8 Å². The third-order valence-electron chi connectivity index (χ3n) is 4.51. The van der Waals surface area contributed by atoms with E-state index in [0.717, 1.165) is 24.4 Å². The molecule has 0 aliphatic heterocycles. The second-order valence-electron chi connectivity index (χ2n) is 6.54. The topological polar surface area (TPSA) is 12.0 Å². The molecule has 1 unspecified atom stereocenters. The molecular formula is C16H24ClN. The fraction of sp³-hybridized carbons (Fsp3) is 0.625. The lowest BCUT2D eigenvalue weighted by Gasteiger charge is -2.31. The Morgan fingerprint density at radius 3 is 2.61 bits per heavy atom. The molecule has 100 valence electrons. The van der Waals surface area contributed by atoms with Crippen LogP contribution >= 0.6 is 11.6 Å². The van der Waals surface area contributed by atoms with Crippen LogP contribution in [0.2, 0.25) is 5.02 Å². The SMILES string of the molecule is CC(C)C(C)(C)CNC1Cc2ccc(Cl)cc2C1. The van der Waals surface area contributed by atoms with E-state index in [2.05, 4.69) is 45.1 Å². The van der Waals surface area contributed by atoms with E-state index in [1.54, 1.807) is 0 Å². The molecule has 1 N–H and O–H groups in total. The summed E-state index contributed by atoms with van der Waals surface area (Å²) in [6, 6.07) is 6.87. The van der Waals surface area contributed by atoms with Gasteiger partial charge in [0.15, 0.2) is 0 Å². The number of hydrogen-bond acceptors (Lipinski definition) is 1. The molecule has 0 bridgehead atoms. The smallest absolute Gasteiger partial charge is 0.0408 e. The minimum Gasteiger partial charge on any atom is -0.313 e. The van der Waals surface area contributed by atoms with E-state index in [4.69, 9.17) is 11.6 Å². The van der Waals surface area contributed by atoms with Gasteiger partial charge in [0.2, 0.25) is 0 Å². The molecule has 0 saturated carbocycles. The van der Waals surface area contributed by atoms with Crippen molar-refractivity contribution in [2.24, 2.45) is 11.3 Å². The van der Waals surface area contributed by atoms with Gasteiger partial charge < -0.3 is 5.32 Å². The summed E-state index contributed by atoms with van der Waals surface area (Å²) in [5, 5.41) is 4.58. The first-order valence-corrected chi connectivity index (χ1v) is 7.27. The normalized spacial score (nSPS) is 19.3. The predicted molar refractivity (Wildman–Crippen MR) is 79.3 cm³/mol. The van der Waals surface area contributed by atoms with Gasteiger partial charge in [-0.2, -0.15) is 0 Å². The number of fused-ring (bicyclic) bond motifs is 1. The highest BCUT2D eigenvalue weighted by Gasteiger charge is 2.26. The molecule has 2 rings (SSSR count). The van der Waals surface area contributed by atoms with Gasteiger partial charge in [0.25, 0.3) is 0 Å². The Kier molecular flexibility index (Phi) is 4.03. The minimum atomic E-state index is 0.354. The van der Waals surface area contributed by atoms with Crippen molar-refractivity contribution in [3.05, 3.63) is 34.3 Å². The third kappa shape index (κ3) is 3.07. The molecule has 1 aliphatic rings. The summed E-state index contributed by atoms with van der Waals surface area (Å²) in [6.07, 6.45) is 2.25. The van der Waals surface area contributed by atoms with Crippen LogP contribution in [0.5, 0.6) is 0 Å². The molecule has 0 fully saturated rings. The molecular weight excluding hydrogens is 242 g/mol. The highest BCUT2D eigenvalue weighted by Crippen LogP contribution is 2.28. The molecule has 1 nitrogen and oxygen atoms in total. The number of benzene rings is 1. The van der Waals surface area contributed by atoms with Gasteiger partial charge in [-0.15, -0.1) is 0 Å². The van der Waals surface area contributed by atoms with E-state index in [1.807, 2.05) is 6.07 Å². The van der Waals surface area contributed by atoms with Crippen LogP contribution < -0.4 is 5.32 Å². The van der Waals surface area contributed by atoms with Crippen molar-refractivity contribution in [1.29, 1.82) is 0 Å². The van der Waals surface area contributed by atoms with E-state index in [0.29, 0.717) is 17.4 Å². The van der Waals surface area contributed by atoms with Gasteiger partial charge in [0.05, 0.1) is 0 Å². The van der Waals surface area contributed by atoms with Gasteiger partial charge in [-0.25, -0.2) is 0 Å². The van der Waals surface area contributed by atoms with Crippen LogP contribution in [0.4, 0.5) is 0 Å². The standard InChI is InChI=1S/C16H24ClN/c1-11(2)16(3,4)10-18-15-8-12-5-6-14(17)7-13(12)9-15/h5-7,11,15,18H,8-10H2,1-4H3. The van der Waals surface area contributed by atoms with Crippen molar-refractivity contribution >= 4 is 11.6 Å². The summed E-state index contributed by atoms with van der Waals surface area (Å²) in [5.41, 5.74) is 3.23. The summed E-state index contributed by atoms with van der Waals surface area (Å²) in [5.74, 6) is 0.697. The van der Waals surface area contributed by atoms with Crippen molar-refractivity contribution in [2.45, 2.75) is 46.6 Å². The molecule has 18 heavy (non-hydrogen) atoms. The van der Waals surface area contributed by atoms with Crippen LogP contribution in [-0.4, -0.2) is 12.6 Å².